The van der Waals surface area contributed by atoms with Gasteiger partial charge >= 0.3 is 0 Å². The third kappa shape index (κ3) is 15.9. The Balaban J connectivity index is 0. The zero-order valence-electron chi connectivity index (χ0n) is 15.2. The molecule has 0 saturated heterocycles. The van der Waals surface area contributed by atoms with Crippen molar-refractivity contribution in [1.29, 1.82) is 0 Å². The average molecular weight is 438 g/mol. The lowest BCUT2D eigenvalue weighted by molar-refractivity contribution is -0.127. The van der Waals surface area contributed by atoms with Gasteiger partial charge in [0.2, 0.25) is 5.91 Å². The van der Waals surface area contributed by atoms with Gasteiger partial charge in [-0.1, -0.05) is 45.6 Å². The molecule has 1 amide bonds. The normalized spacial score (nSPS) is 10.9. The van der Waals surface area contributed by atoms with E-state index in [9.17, 15) is 4.79 Å². The second kappa shape index (κ2) is 16.1. The summed E-state index contributed by atoms with van der Waals surface area (Å²) in [5.41, 5.74) is 0. The van der Waals surface area contributed by atoms with Crippen molar-refractivity contribution in [2.75, 3.05) is 33.7 Å². The fraction of sp³-hybridized carbons (Fsp3) is 0.765. The Bertz CT molecular complexity index is 343. The van der Waals surface area contributed by atoms with Crippen LogP contribution >= 0.6 is 24.0 Å². The molecule has 0 aliphatic carbocycles. The number of carbonyl (C=O) groups excluding carboxylic acids is 1. The topological polar surface area (TPSA) is 56.7 Å². The van der Waals surface area contributed by atoms with Gasteiger partial charge in [0, 0.05) is 27.2 Å². The van der Waals surface area contributed by atoms with E-state index in [-0.39, 0.29) is 36.4 Å². The predicted octanol–water partition coefficient (Wildman–Crippen LogP) is 3.02. The van der Waals surface area contributed by atoms with Gasteiger partial charge in [0.1, 0.15) is 6.54 Å². The zero-order chi connectivity index (χ0) is 16.8. The quantitative estimate of drug-likeness (QED) is 0.172. The molecule has 0 atom stereocenters. The SMILES string of the molecule is C=CCNC(=NCC(=O)N(C)C)NCCCCCCC(C)C.I. The first-order chi connectivity index (χ1) is 10.5. The number of amides is 1. The largest absolute Gasteiger partial charge is 0.356 e. The maximum atomic E-state index is 11.6. The number of unbranched alkanes of at least 4 members (excludes halogenated alkanes) is 3. The summed E-state index contributed by atoms with van der Waals surface area (Å²) >= 11 is 0. The first-order valence-electron chi connectivity index (χ1n) is 8.30. The van der Waals surface area contributed by atoms with E-state index in [1.165, 1.54) is 25.7 Å². The number of hydrogen-bond donors (Lipinski definition) is 2. The Kier molecular flexibility index (Phi) is 17.1. The van der Waals surface area contributed by atoms with E-state index in [2.05, 4.69) is 36.1 Å². The summed E-state index contributed by atoms with van der Waals surface area (Å²) in [6.45, 7) is 9.89. The minimum atomic E-state index is -0.00612. The fourth-order valence-corrected chi connectivity index (χ4v) is 1.87. The molecule has 0 radical (unpaired) electrons. The Morgan fingerprint density at radius 3 is 2.39 bits per heavy atom. The number of carbonyl (C=O) groups is 1. The molecule has 0 fully saturated rings. The van der Waals surface area contributed by atoms with Gasteiger partial charge in [0.25, 0.3) is 0 Å². The fourth-order valence-electron chi connectivity index (χ4n) is 1.87. The van der Waals surface area contributed by atoms with Crippen molar-refractivity contribution in [1.82, 2.24) is 15.5 Å². The van der Waals surface area contributed by atoms with Crippen molar-refractivity contribution in [2.24, 2.45) is 10.9 Å². The highest BCUT2D eigenvalue weighted by Crippen LogP contribution is 2.08. The van der Waals surface area contributed by atoms with Gasteiger partial charge < -0.3 is 15.5 Å². The predicted molar refractivity (Wildman–Crippen MR) is 111 cm³/mol. The van der Waals surface area contributed by atoms with Crippen LogP contribution in [0.3, 0.4) is 0 Å². The molecule has 6 heteroatoms. The highest BCUT2D eigenvalue weighted by molar-refractivity contribution is 14.0. The summed E-state index contributed by atoms with van der Waals surface area (Å²) in [7, 11) is 3.47. The lowest BCUT2D eigenvalue weighted by atomic mass is 10.0. The molecule has 0 aromatic rings. The summed E-state index contributed by atoms with van der Waals surface area (Å²) in [5.74, 6) is 1.47. The molecule has 2 N–H and O–H groups in total. The van der Waals surface area contributed by atoms with Crippen LogP contribution in [0.5, 0.6) is 0 Å². The van der Waals surface area contributed by atoms with Crippen molar-refractivity contribution in [3.05, 3.63) is 12.7 Å². The van der Waals surface area contributed by atoms with Crippen LogP contribution in [-0.2, 0) is 4.79 Å². The van der Waals surface area contributed by atoms with E-state index in [4.69, 9.17) is 0 Å². The maximum absolute atomic E-state index is 11.6. The molecule has 136 valence electrons. The van der Waals surface area contributed by atoms with Gasteiger partial charge in [-0.05, 0) is 12.3 Å². The standard InChI is InChI=1S/C17H34N4O.HI/c1-6-12-18-17(20-14-16(22)21(4)5)19-13-10-8-7-9-11-15(2)3;/h6,15H,1,7-14H2,2-5H3,(H2,18,19,20);1H. The van der Waals surface area contributed by atoms with Crippen molar-refractivity contribution in [3.63, 3.8) is 0 Å². The number of hydrogen-bond acceptors (Lipinski definition) is 2. The van der Waals surface area contributed by atoms with Crippen LogP contribution in [0.25, 0.3) is 0 Å². The minimum absolute atomic E-state index is 0. The van der Waals surface area contributed by atoms with E-state index in [1.54, 1.807) is 25.1 Å². The number of halogens is 1. The van der Waals surface area contributed by atoms with Gasteiger partial charge in [-0.15, -0.1) is 30.6 Å². The number of aliphatic imine (C=N–C) groups is 1. The van der Waals surface area contributed by atoms with Crippen LogP contribution in [0.15, 0.2) is 17.6 Å². The summed E-state index contributed by atoms with van der Waals surface area (Å²) in [6, 6.07) is 0. The van der Waals surface area contributed by atoms with Crippen molar-refractivity contribution in [3.8, 4) is 0 Å². The Labute approximate surface area is 159 Å². The number of guanidine groups is 1. The van der Waals surface area contributed by atoms with Crippen molar-refractivity contribution in [2.45, 2.75) is 46.0 Å². The zero-order valence-corrected chi connectivity index (χ0v) is 17.6. The number of likely N-dealkylation sites (N-methyl/N-ethyl adjacent to an activating group) is 1. The monoisotopic (exact) mass is 438 g/mol. The third-order valence-electron chi connectivity index (χ3n) is 3.29. The summed E-state index contributed by atoms with van der Waals surface area (Å²) in [5, 5.41) is 6.40. The van der Waals surface area contributed by atoms with E-state index < -0.39 is 0 Å². The van der Waals surface area contributed by atoms with Crippen LogP contribution in [0.1, 0.15) is 46.0 Å². The van der Waals surface area contributed by atoms with Gasteiger partial charge in [-0.25, -0.2) is 4.99 Å². The summed E-state index contributed by atoms with van der Waals surface area (Å²) < 4.78 is 0. The van der Waals surface area contributed by atoms with Crippen LogP contribution in [0, 0.1) is 5.92 Å². The first-order valence-corrected chi connectivity index (χ1v) is 8.30. The van der Waals surface area contributed by atoms with E-state index in [1.807, 2.05) is 0 Å². The molecular weight excluding hydrogens is 403 g/mol. The molecule has 0 unspecified atom stereocenters. The molecule has 0 aromatic heterocycles. The van der Waals surface area contributed by atoms with Gasteiger partial charge in [0.15, 0.2) is 5.96 Å². The minimum Gasteiger partial charge on any atom is -0.356 e. The smallest absolute Gasteiger partial charge is 0.243 e. The van der Waals surface area contributed by atoms with Crippen LogP contribution in [-0.4, -0.2) is 50.5 Å². The van der Waals surface area contributed by atoms with E-state index in [0.29, 0.717) is 12.5 Å². The molecule has 0 saturated carbocycles. The highest BCUT2D eigenvalue weighted by Gasteiger charge is 2.03. The van der Waals surface area contributed by atoms with Crippen LogP contribution < -0.4 is 10.6 Å². The van der Waals surface area contributed by atoms with Crippen molar-refractivity contribution < 1.29 is 4.79 Å². The van der Waals surface area contributed by atoms with Gasteiger partial charge in [-0.3, -0.25) is 4.79 Å². The molecule has 0 spiro atoms. The van der Waals surface area contributed by atoms with Gasteiger partial charge in [0.05, 0.1) is 0 Å². The molecule has 0 aliphatic rings. The van der Waals surface area contributed by atoms with E-state index >= 15 is 0 Å². The first kappa shape index (κ1) is 24.5. The maximum Gasteiger partial charge on any atom is 0.243 e. The van der Waals surface area contributed by atoms with Gasteiger partial charge in [-0.2, -0.15) is 0 Å². The molecule has 0 heterocycles. The molecular formula is C17H35IN4O. The van der Waals surface area contributed by atoms with Crippen LogP contribution in [0.4, 0.5) is 0 Å². The third-order valence-corrected chi connectivity index (χ3v) is 3.29. The molecule has 23 heavy (non-hydrogen) atoms. The lowest BCUT2D eigenvalue weighted by Crippen LogP contribution is -2.39. The lowest BCUT2D eigenvalue weighted by Gasteiger charge is -2.13. The molecule has 0 bridgehead atoms. The average Bonchev–Trinajstić information content (AvgIpc) is 2.47. The molecule has 0 rings (SSSR count). The number of nitrogens with one attached hydrogen (secondary N) is 2. The van der Waals surface area contributed by atoms with Crippen molar-refractivity contribution >= 4 is 35.8 Å². The Hall–Kier alpha value is -0.790. The van der Waals surface area contributed by atoms with E-state index in [0.717, 1.165) is 18.9 Å². The Morgan fingerprint density at radius 1 is 1.17 bits per heavy atom. The summed E-state index contributed by atoms with van der Waals surface area (Å²) in [4.78, 5) is 17.4. The van der Waals surface area contributed by atoms with Crippen LogP contribution in [0.2, 0.25) is 0 Å². The molecule has 0 aliphatic heterocycles. The number of rotatable bonds is 11. The summed E-state index contributed by atoms with van der Waals surface area (Å²) in [6.07, 6.45) is 8.03. The second-order valence-corrected chi connectivity index (χ2v) is 6.15. The molecule has 5 nitrogen and oxygen atoms in total. The Morgan fingerprint density at radius 2 is 1.83 bits per heavy atom. The number of nitrogens with zero attached hydrogens (tertiary/aromatic N) is 2. The highest BCUT2D eigenvalue weighted by atomic mass is 127. The second-order valence-electron chi connectivity index (χ2n) is 6.15. The molecule has 0 aromatic carbocycles.